The zero-order valence-electron chi connectivity index (χ0n) is 21.6. The molecule has 1 saturated heterocycles. The van der Waals surface area contributed by atoms with Crippen LogP contribution in [0.5, 0.6) is 5.75 Å². The van der Waals surface area contributed by atoms with Gasteiger partial charge in [-0.1, -0.05) is 11.3 Å². The molecular formula is C25H27F2N8O3S2+. The number of hydrogen-bond donors (Lipinski definition) is 1. The maximum absolute atomic E-state index is 14.6. The van der Waals surface area contributed by atoms with Crippen molar-refractivity contribution in [3.8, 4) is 17.3 Å². The molecule has 4 aromatic heterocycles. The van der Waals surface area contributed by atoms with Gasteiger partial charge in [0.2, 0.25) is 11.8 Å². The number of anilines is 2. The molecule has 2 N–H and O–H groups in total. The van der Waals surface area contributed by atoms with Crippen LogP contribution >= 0.6 is 11.3 Å². The zero-order valence-corrected chi connectivity index (χ0v) is 23.3. The Morgan fingerprint density at radius 1 is 1.12 bits per heavy atom. The summed E-state index contributed by atoms with van der Waals surface area (Å²) < 4.78 is 43.3. The van der Waals surface area contributed by atoms with Crippen LogP contribution in [0.3, 0.4) is 0 Å². The Morgan fingerprint density at radius 2 is 1.95 bits per heavy atom. The Labute approximate surface area is 235 Å². The predicted octanol–water partition coefficient (Wildman–Crippen LogP) is 2.27. The van der Waals surface area contributed by atoms with Gasteiger partial charge in [-0.3, -0.25) is 14.3 Å². The summed E-state index contributed by atoms with van der Waals surface area (Å²) in [5.41, 5.74) is 7.41. The molecule has 15 heteroatoms. The van der Waals surface area contributed by atoms with Gasteiger partial charge in [0.15, 0.2) is 28.6 Å². The third-order valence-corrected chi connectivity index (χ3v) is 8.38. The number of ether oxygens (including phenoxy) is 1. The number of benzene rings is 1. The molecule has 1 fully saturated rings. The van der Waals surface area contributed by atoms with Crippen molar-refractivity contribution in [1.82, 2.24) is 29.0 Å². The number of thiol groups is 1. The van der Waals surface area contributed by atoms with Crippen LogP contribution in [0.2, 0.25) is 0 Å². The highest BCUT2D eigenvalue weighted by molar-refractivity contribution is 7.77. The van der Waals surface area contributed by atoms with Crippen molar-refractivity contribution in [2.45, 2.75) is 6.54 Å². The van der Waals surface area contributed by atoms with E-state index >= 15 is 0 Å². The van der Waals surface area contributed by atoms with Gasteiger partial charge < -0.3 is 19.8 Å². The maximum atomic E-state index is 14.6. The molecule has 5 aromatic rings. The topological polar surface area (TPSA) is 120 Å². The number of piperazine rings is 1. The van der Waals surface area contributed by atoms with Gasteiger partial charge in [-0.25, -0.2) is 13.8 Å². The molecule has 5 heterocycles. The molecule has 0 radical (unpaired) electrons. The maximum Gasteiger partial charge on any atom is 0.309 e. The average Bonchev–Trinajstić information content (AvgIpc) is 3.69. The minimum Gasteiger partial charge on any atom is -0.486 e. The first kappa shape index (κ1) is 26.5. The summed E-state index contributed by atoms with van der Waals surface area (Å²) in [7, 11) is 0. The van der Waals surface area contributed by atoms with Crippen molar-refractivity contribution in [1.29, 1.82) is 0 Å². The van der Waals surface area contributed by atoms with E-state index in [1.165, 1.54) is 16.8 Å². The summed E-state index contributed by atoms with van der Waals surface area (Å²) in [5, 5.41) is 4.38. The van der Waals surface area contributed by atoms with Crippen molar-refractivity contribution in [3.63, 3.8) is 0 Å². The minimum atomic E-state index is -0.698. The van der Waals surface area contributed by atoms with Crippen molar-refractivity contribution >= 4 is 50.7 Å². The van der Waals surface area contributed by atoms with Crippen molar-refractivity contribution in [2.24, 2.45) is 0 Å². The fourth-order valence-electron chi connectivity index (χ4n) is 4.71. The van der Waals surface area contributed by atoms with Crippen LogP contribution < -0.4 is 20.2 Å². The van der Waals surface area contributed by atoms with Crippen LogP contribution in [0.4, 0.5) is 20.4 Å². The van der Waals surface area contributed by atoms with Gasteiger partial charge >= 0.3 is 4.87 Å². The first-order valence-corrected chi connectivity index (χ1v) is 15.0. The number of nitrogens with two attached hydrogens (primary N) is 1. The van der Waals surface area contributed by atoms with E-state index in [1.807, 2.05) is 11.2 Å². The fourth-order valence-corrected chi connectivity index (χ4v) is 5.91. The lowest BCUT2D eigenvalue weighted by atomic mass is 10.2. The van der Waals surface area contributed by atoms with Gasteiger partial charge in [0.25, 0.3) is 0 Å². The normalized spacial score (nSPS) is 14.5. The van der Waals surface area contributed by atoms with E-state index in [0.717, 1.165) is 34.9 Å². The molecule has 11 nitrogen and oxygen atoms in total. The van der Waals surface area contributed by atoms with Crippen LogP contribution in [0.25, 0.3) is 27.6 Å². The number of fused-ring (bicyclic) bond motifs is 3. The Balaban J connectivity index is 1.15. The molecule has 40 heavy (non-hydrogen) atoms. The van der Waals surface area contributed by atoms with E-state index in [9.17, 15) is 13.6 Å². The van der Waals surface area contributed by atoms with E-state index in [0.29, 0.717) is 79.1 Å². The third kappa shape index (κ3) is 4.99. The first-order valence-electron chi connectivity index (χ1n) is 12.7. The Hall–Kier alpha value is -3.69. The van der Waals surface area contributed by atoms with Crippen LogP contribution in [0.15, 0.2) is 39.7 Å². The minimum absolute atomic E-state index is 0.0658. The van der Waals surface area contributed by atoms with E-state index in [2.05, 4.69) is 20.0 Å². The average molecular weight is 590 g/mol. The molecule has 6 rings (SSSR count). The molecule has 0 atom stereocenters. The van der Waals surface area contributed by atoms with Crippen molar-refractivity contribution < 1.29 is 17.9 Å². The highest BCUT2D eigenvalue weighted by atomic mass is 32.2. The summed E-state index contributed by atoms with van der Waals surface area (Å²) in [6, 6.07) is 5.82. The fraction of sp³-hybridized carbons (Fsp3) is 0.360. The van der Waals surface area contributed by atoms with Crippen LogP contribution in [-0.2, 0) is 18.3 Å². The molecule has 1 aliphatic rings. The largest absolute Gasteiger partial charge is 0.486 e. The van der Waals surface area contributed by atoms with Crippen LogP contribution in [0, 0.1) is 11.6 Å². The number of rotatable bonds is 9. The lowest BCUT2D eigenvalue weighted by Gasteiger charge is -2.36. The van der Waals surface area contributed by atoms with Gasteiger partial charge in [0.05, 0.1) is 18.2 Å². The number of nitrogen functional groups attached to an aromatic ring is 1. The van der Waals surface area contributed by atoms with Crippen molar-refractivity contribution in [3.05, 3.63) is 51.8 Å². The molecule has 0 unspecified atom stereocenters. The Bertz CT molecular complexity index is 1710. The van der Waals surface area contributed by atoms with Gasteiger partial charge in [-0.05, 0) is 23.9 Å². The molecule has 1 aliphatic heterocycles. The molecule has 0 bridgehead atoms. The SMILES string of the molecule is C[SH+]CCOc1cc(N2CCN(CCn3c(=O)sc4c3nc(N)n3nc(-c5ccco5)nc43)CC2)c(F)cc1F. The number of hydrogen-bond acceptors (Lipinski definition) is 10. The number of aromatic nitrogens is 5. The van der Waals surface area contributed by atoms with Crippen molar-refractivity contribution in [2.75, 3.05) is 62.0 Å². The number of furan rings is 1. The van der Waals surface area contributed by atoms with Crippen LogP contribution in [0.1, 0.15) is 0 Å². The highest BCUT2D eigenvalue weighted by Gasteiger charge is 2.23. The molecule has 0 aliphatic carbocycles. The smallest absolute Gasteiger partial charge is 0.309 e. The second-order valence-corrected chi connectivity index (χ2v) is 11.3. The van der Waals surface area contributed by atoms with E-state index < -0.39 is 11.6 Å². The Morgan fingerprint density at radius 3 is 2.70 bits per heavy atom. The second-order valence-electron chi connectivity index (χ2n) is 9.24. The lowest BCUT2D eigenvalue weighted by Crippen LogP contribution is -2.47. The molecular weight excluding hydrogens is 562 g/mol. The zero-order chi connectivity index (χ0) is 27.8. The summed E-state index contributed by atoms with van der Waals surface area (Å²) in [4.78, 5) is 25.9. The highest BCUT2D eigenvalue weighted by Crippen LogP contribution is 2.29. The molecule has 0 amide bonds. The van der Waals surface area contributed by atoms with Gasteiger partial charge in [0, 0.05) is 51.4 Å². The van der Waals surface area contributed by atoms with E-state index in [4.69, 9.17) is 14.9 Å². The summed E-state index contributed by atoms with van der Waals surface area (Å²) in [5.74, 6) is 0.488. The van der Waals surface area contributed by atoms with E-state index in [1.54, 1.807) is 16.7 Å². The van der Waals surface area contributed by atoms with E-state index in [-0.39, 0.29) is 16.6 Å². The van der Waals surface area contributed by atoms with Gasteiger partial charge in [-0.15, -0.1) is 5.10 Å². The molecule has 0 spiro atoms. The summed E-state index contributed by atoms with van der Waals surface area (Å²) >= 11 is 2.19. The summed E-state index contributed by atoms with van der Waals surface area (Å²) in [6.45, 7) is 3.77. The number of thiazole rings is 1. The number of halogens is 2. The molecule has 0 saturated carbocycles. The Kier molecular flexibility index (Phi) is 7.33. The monoisotopic (exact) mass is 589 g/mol. The second kappa shape index (κ2) is 11.1. The predicted molar refractivity (Wildman–Crippen MR) is 153 cm³/mol. The molecule has 1 aromatic carbocycles. The van der Waals surface area contributed by atoms with Gasteiger partial charge in [-0.2, -0.15) is 9.50 Å². The van der Waals surface area contributed by atoms with Gasteiger partial charge in [0.1, 0.15) is 22.9 Å². The standard InChI is InChI=1S/C25H26F2N8O3S2/c1-39-12-11-38-19-14-17(15(26)13-16(19)27)33-7-4-32(5-8-33)6-9-34-22-20(40-25(34)36)23-29-21(18-3-2-10-37-18)31-35(23)24(28)30-22/h2-3,10,13-14H,4-9,11-12H2,1H3,(H2,28,30)/p+1. The number of nitrogens with zero attached hydrogens (tertiary/aromatic N) is 7. The lowest BCUT2D eigenvalue weighted by molar-refractivity contribution is 0.247. The summed E-state index contributed by atoms with van der Waals surface area (Å²) in [6.07, 6.45) is 3.52. The third-order valence-electron chi connectivity index (χ3n) is 6.78. The quantitative estimate of drug-likeness (QED) is 0.157. The molecule has 210 valence electrons. The van der Waals surface area contributed by atoms with Crippen LogP contribution in [-0.4, -0.2) is 80.4 Å². The first-order chi connectivity index (χ1) is 19.4.